The summed E-state index contributed by atoms with van der Waals surface area (Å²) in [6.07, 6.45) is 0.198. The van der Waals surface area contributed by atoms with Gasteiger partial charge in [-0.15, -0.1) is 0 Å². The summed E-state index contributed by atoms with van der Waals surface area (Å²) >= 11 is 0. The van der Waals surface area contributed by atoms with Crippen molar-refractivity contribution in [1.82, 2.24) is 4.90 Å². The molecule has 0 aliphatic carbocycles. The Hall–Kier alpha value is -2.33. The standard InChI is InChI=1S/C17H20N2O2/c1-19(12-14-8-6-13(11-18)7-9-14)17(21)10-15-4-2-3-5-16(15)20/h2-9,20H,10-12,18H2,1H3. The highest BCUT2D eigenvalue weighted by molar-refractivity contribution is 5.79. The summed E-state index contributed by atoms with van der Waals surface area (Å²) in [6.45, 7) is 1.06. The highest BCUT2D eigenvalue weighted by atomic mass is 16.3. The molecule has 0 aliphatic heterocycles. The first-order valence-electron chi connectivity index (χ1n) is 6.89. The number of rotatable bonds is 5. The maximum Gasteiger partial charge on any atom is 0.227 e. The number of amides is 1. The van der Waals surface area contributed by atoms with Crippen LogP contribution >= 0.6 is 0 Å². The fraction of sp³-hybridized carbons (Fsp3) is 0.235. The van der Waals surface area contributed by atoms with Gasteiger partial charge in [-0.3, -0.25) is 4.79 Å². The van der Waals surface area contributed by atoms with E-state index >= 15 is 0 Å². The normalized spacial score (nSPS) is 10.4. The Morgan fingerprint density at radius 2 is 1.71 bits per heavy atom. The first-order valence-corrected chi connectivity index (χ1v) is 6.89. The average Bonchev–Trinajstić information content (AvgIpc) is 2.50. The Morgan fingerprint density at radius 1 is 1.10 bits per heavy atom. The van der Waals surface area contributed by atoms with E-state index in [9.17, 15) is 9.90 Å². The van der Waals surface area contributed by atoms with Crippen LogP contribution in [0.1, 0.15) is 16.7 Å². The van der Waals surface area contributed by atoms with Crippen LogP contribution in [0.5, 0.6) is 5.75 Å². The molecular weight excluding hydrogens is 264 g/mol. The monoisotopic (exact) mass is 284 g/mol. The van der Waals surface area contributed by atoms with Crippen LogP contribution in [0.3, 0.4) is 0 Å². The zero-order valence-electron chi connectivity index (χ0n) is 12.1. The number of likely N-dealkylation sites (N-methyl/N-ethyl adjacent to an activating group) is 1. The third kappa shape index (κ3) is 4.07. The first-order chi connectivity index (χ1) is 10.1. The number of hydrogen-bond acceptors (Lipinski definition) is 3. The largest absolute Gasteiger partial charge is 0.508 e. The summed E-state index contributed by atoms with van der Waals surface area (Å²) in [7, 11) is 1.76. The zero-order valence-corrected chi connectivity index (χ0v) is 12.1. The second-order valence-electron chi connectivity index (χ2n) is 5.08. The molecule has 2 aromatic carbocycles. The lowest BCUT2D eigenvalue weighted by Gasteiger charge is -2.18. The van der Waals surface area contributed by atoms with Gasteiger partial charge in [-0.25, -0.2) is 0 Å². The molecule has 2 rings (SSSR count). The minimum absolute atomic E-state index is 0.0283. The molecule has 0 bridgehead atoms. The third-order valence-electron chi connectivity index (χ3n) is 3.44. The van der Waals surface area contributed by atoms with Crippen LogP contribution < -0.4 is 5.73 Å². The Bertz CT molecular complexity index is 608. The molecule has 21 heavy (non-hydrogen) atoms. The predicted octanol–water partition coefficient (Wildman–Crippen LogP) is 2.05. The number of nitrogens with zero attached hydrogens (tertiary/aromatic N) is 1. The molecule has 0 unspecified atom stereocenters. The van der Waals surface area contributed by atoms with E-state index in [1.54, 1.807) is 30.1 Å². The maximum atomic E-state index is 12.2. The van der Waals surface area contributed by atoms with Crippen molar-refractivity contribution in [2.45, 2.75) is 19.5 Å². The summed E-state index contributed by atoms with van der Waals surface area (Å²) in [5.41, 5.74) is 8.33. The van der Waals surface area contributed by atoms with Gasteiger partial charge in [0.15, 0.2) is 0 Å². The van der Waals surface area contributed by atoms with E-state index < -0.39 is 0 Å². The quantitative estimate of drug-likeness (QED) is 0.883. The van der Waals surface area contributed by atoms with Gasteiger partial charge in [-0.2, -0.15) is 0 Å². The smallest absolute Gasteiger partial charge is 0.227 e. The number of para-hydroxylation sites is 1. The second-order valence-corrected chi connectivity index (χ2v) is 5.08. The molecule has 0 heterocycles. The van der Waals surface area contributed by atoms with Gasteiger partial charge in [0, 0.05) is 25.7 Å². The molecule has 0 aromatic heterocycles. The van der Waals surface area contributed by atoms with Crippen molar-refractivity contribution in [2.75, 3.05) is 7.05 Å². The van der Waals surface area contributed by atoms with Crippen LogP contribution in [-0.4, -0.2) is 23.0 Å². The molecule has 0 saturated carbocycles. The van der Waals surface area contributed by atoms with Gasteiger partial charge in [0.2, 0.25) is 5.91 Å². The molecule has 0 fully saturated rings. The van der Waals surface area contributed by atoms with E-state index in [1.165, 1.54) is 0 Å². The summed E-state index contributed by atoms with van der Waals surface area (Å²) < 4.78 is 0. The fourth-order valence-electron chi connectivity index (χ4n) is 2.10. The Labute approximate surface area is 124 Å². The van der Waals surface area contributed by atoms with Gasteiger partial charge in [-0.1, -0.05) is 42.5 Å². The number of hydrogen-bond donors (Lipinski definition) is 2. The minimum Gasteiger partial charge on any atom is -0.508 e. The first kappa shape index (κ1) is 15.1. The molecule has 0 aliphatic rings. The van der Waals surface area contributed by atoms with Crippen molar-refractivity contribution in [3.63, 3.8) is 0 Å². The van der Waals surface area contributed by atoms with Crippen LogP contribution in [-0.2, 0) is 24.3 Å². The Kier molecular flexibility index (Phi) is 4.95. The van der Waals surface area contributed by atoms with Crippen molar-refractivity contribution in [3.05, 3.63) is 65.2 Å². The van der Waals surface area contributed by atoms with Crippen LogP contribution in [0.2, 0.25) is 0 Å². The van der Waals surface area contributed by atoms with E-state index in [2.05, 4.69) is 0 Å². The van der Waals surface area contributed by atoms with Gasteiger partial charge in [0.1, 0.15) is 5.75 Å². The van der Waals surface area contributed by atoms with Crippen molar-refractivity contribution in [1.29, 1.82) is 0 Å². The fourth-order valence-corrected chi connectivity index (χ4v) is 2.10. The van der Waals surface area contributed by atoms with Crippen LogP contribution in [0.25, 0.3) is 0 Å². The van der Waals surface area contributed by atoms with Gasteiger partial charge in [0.05, 0.1) is 6.42 Å². The Morgan fingerprint density at radius 3 is 2.33 bits per heavy atom. The summed E-state index contributed by atoms with van der Waals surface area (Å²) in [4.78, 5) is 13.8. The molecule has 0 atom stereocenters. The van der Waals surface area contributed by atoms with E-state index in [0.717, 1.165) is 11.1 Å². The number of nitrogens with two attached hydrogens (primary N) is 1. The highest BCUT2D eigenvalue weighted by Gasteiger charge is 2.12. The van der Waals surface area contributed by atoms with Crippen LogP contribution in [0, 0.1) is 0 Å². The van der Waals surface area contributed by atoms with Crippen LogP contribution in [0.4, 0.5) is 0 Å². The number of carbonyl (C=O) groups excluding carboxylic acids is 1. The van der Waals surface area contributed by atoms with Crippen molar-refractivity contribution < 1.29 is 9.90 Å². The summed E-state index contributed by atoms with van der Waals surface area (Å²) in [5.74, 6) is 0.131. The number of aromatic hydroxyl groups is 1. The van der Waals surface area contributed by atoms with Gasteiger partial charge in [0.25, 0.3) is 0 Å². The highest BCUT2D eigenvalue weighted by Crippen LogP contribution is 2.17. The van der Waals surface area contributed by atoms with E-state index in [-0.39, 0.29) is 18.1 Å². The number of carbonyl (C=O) groups is 1. The van der Waals surface area contributed by atoms with Gasteiger partial charge < -0.3 is 15.7 Å². The lowest BCUT2D eigenvalue weighted by Crippen LogP contribution is -2.27. The predicted molar refractivity (Wildman–Crippen MR) is 82.6 cm³/mol. The summed E-state index contributed by atoms with van der Waals surface area (Å²) in [5, 5.41) is 9.71. The van der Waals surface area contributed by atoms with Gasteiger partial charge in [-0.05, 0) is 17.2 Å². The third-order valence-corrected chi connectivity index (χ3v) is 3.44. The molecule has 0 spiro atoms. The van der Waals surface area contributed by atoms with Gasteiger partial charge >= 0.3 is 0 Å². The molecule has 0 radical (unpaired) electrons. The molecule has 1 amide bonds. The minimum atomic E-state index is -0.0283. The molecule has 110 valence electrons. The maximum absolute atomic E-state index is 12.2. The van der Waals surface area contributed by atoms with E-state index in [1.807, 2.05) is 30.3 Å². The summed E-state index contributed by atoms with van der Waals surface area (Å²) in [6, 6.07) is 14.8. The van der Waals surface area contributed by atoms with E-state index in [0.29, 0.717) is 18.7 Å². The SMILES string of the molecule is CN(Cc1ccc(CN)cc1)C(=O)Cc1ccccc1O. The molecular formula is C17H20N2O2. The molecule has 0 saturated heterocycles. The lowest BCUT2D eigenvalue weighted by atomic mass is 10.1. The van der Waals surface area contributed by atoms with Crippen molar-refractivity contribution in [2.24, 2.45) is 5.73 Å². The van der Waals surface area contributed by atoms with Crippen molar-refractivity contribution >= 4 is 5.91 Å². The molecule has 3 N–H and O–H groups in total. The second kappa shape index (κ2) is 6.90. The molecule has 2 aromatic rings. The molecule has 4 nitrogen and oxygen atoms in total. The molecule has 4 heteroatoms. The lowest BCUT2D eigenvalue weighted by molar-refractivity contribution is -0.129. The topological polar surface area (TPSA) is 66.6 Å². The zero-order chi connectivity index (χ0) is 15.2. The van der Waals surface area contributed by atoms with Crippen LogP contribution in [0.15, 0.2) is 48.5 Å². The number of benzene rings is 2. The number of phenols is 1. The average molecular weight is 284 g/mol. The van der Waals surface area contributed by atoms with E-state index in [4.69, 9.17) is 5.73 Å². The van der Waals surface area contributed by atoms with Crippen molar-refractivity contribution in [3.8, 4) is 5.75 Å². The number of phenolic OH excluding ortho intramolecular Hbond substituents is 1. The Balaban J connectivity index is 1.97.